The summed E-state index contributed by atoms with van der Waals surface area (Å²) in [4.78, 5) is 23.0. The molecule has 0 bridgehead atoms. The Labute approximate surface area is 114 Å². The van der Waals surface area contributed by atoms with Crippen molar-refractivity contribution in [1.82, 2.24) is 0 Å². The van der Waals surface area contributed by atoms with Crippen molar-refractivity contribution in [3.63, 3.8) is 0 Å². The quantitative estimate of drug-likeness (QED) is 0.294. The van der Waals surface area contributed by atoms with E-state index in [1.807, 2.05) is 19.1 Å². The van der Waals surface area contributed by atoms with Crippen LogP contribution < -0.4 is 10.4 Å². The molecule has 3 aromatic rings. The van der Waals surface area contributed by atoms with Gasteiger partial charge >= 0.3 is 11.6 Å². The van der Waals surface area contributed by atoms with Crippen molar-refractivity contribution >= 4 is 27.7 Å². The van der Waals surface area contributed by atoms with Crippen molar-refractivity contribution in [2.45, 2.75) is 13.8 Å². The summed E-state index contributed by atoms with van der Waals surface area (Å²) in [5, 5.41) is 2.20. The second-order valence-electron chi connectivity index (χ2n) is 4.69. The van der Waals surface area contributed by atoms with Crippen LogP contribution >= 0.6 is 0 Å². The first-order chi connectivity index (χ1) is 9.54. The van der Waals surface area contributed by atoms with E-state index in [1.54, 1.807) is 24.3 Å². The monoisotopic (exact) mass is 268 g/mol. The van der Waals surface area contributed by atoms with Gasteiger partial charge in [-0.1, -0.05) is 17.7 Å². The highest BCUT2D eigenvalue weighted by Gasteiger charge is 2.09. The van der Waals surface area contributed by atoms with Gasteiger partial charge in [-0.3, -0.25) is 4.79 Å². The lowest BCUT2D eigenvalue weighted by molar-refractivity contribution is -0.131. The number of hydrogen-bond donors (Lipinski definition) is 0. The first-order valence-electron chi connectivity index (χ1n) is 6.20. The Morgan fingerprint density at radius 1 is 1.05 bits per heavy atom. The van der Waals surface area contributed by atoms with Crippen LogP contribution in [-0.2, 0) is 4.79 Å². The van der Waals surface area contributed by atoms with Gasteiger partial charge < -0.3 is 9.15 Å². The molecule has 4 nitrogen and oxygen atoms in total. The minimum atomic E-state index is -0.414. The Morgan fingerprint density at radius 3 is 2.55 bits per heavy atom. The number of aryl methyl sites for hydroxylation is 1. The Bertz CT molecular complexity index is 890. The second-order valence-corrected chi connectivity index (χ2v) is 4.69. The molecule has 4 heteroatoms. The molecule has 0 aliphatic carbocycles. The highest BCUT2D eigenvalue weighted by atomic mass is 16.5. The zero-order chi connectivity index (χ0) is 14.3. The lowest BCUT2D eigenvalue weighted by atomic mass is 10.1. The Morgan fingerprint density at radius 2 is 1.80 bits per heavy atom. The molecule has 0 fully saturated rings. The molecule has 20 heavy (non-hydrogen) atoms. The van der Waals surface area contributed by atoms with Crippen molar-refractivity contribution in [3.8, 4) is 5.75 Å². The number of hydrogen-bond acceptors (Lipinski definition) is 4. The normalized spacial score (nSPS) is 10.9. The zero-order valence-corrected chi connectivity index (χ0v) is 11.1. The number of carbonyl (C=O) groups is 1. The van der Waals surface area contributed by atoms with Gasteiger partial charge in [-0.2, -0.15) is 0 Å². The van der Waals surface area contributed by atoms with Crippen LogP contribution in [0.25, 0.3) is 21.7 Å². The number of rotatable bonds is 1. The van der Waals surface area contributed by atoms with Gasteiger partial charge in [0.25, 0.3) is 0 Å². The average Bonchev–Trinajstić information content (AvgIpc) is 2.38. The standard InChI is InChI=1S/C16H12O4/c1-9-3-5-12-13-6-4-11(19-10(2)17)8-15(13)20-16(18)14(12)7-9/h3-8H,1-2H3. The summed E-state index contributed by atoms with van der Waals surface area (Å²) in [5.74, 6) is -0.0530. The van der Waals surface area contributed by atoms with E-state index < -0.39 is 11.6 Å². The summed E-state index contributed by atoms with van der Waals surface area (Å²) in [6.45, 7) is 3.25. The number of ether oxygens (including phenoxy) is 1. The molecule has 0 spiro atoms. The molecule has 0 saturated carbocycles. The molecule has 0 atom stereocenters. The third kappa shape index (κ3) is 2.05. The maximum atomic E-state index is 12.0. The first kappa shape index (κ1) is 12.4. The molecule has 1 aromatic heterocycles. The van der Waals surface area contributed by atoms with Crippen LogP contribution in [0.2, 0.25) is 0 Å². The number of carbonyl (C=O) groups excluding carboxylic acids is 1. The van der Waals surface area contributed by atoms with Crippen LogP contribution in [-0.4, -0.2) is 5.97 Å². The maximum absolute atomic E-state index is 12.0. The molecule has 100 valence electrons. The predicted octanol–water partition coefficient (Wildman–Crippen LogP) is 3.18. The van der Waals surface area contributed by atoms with Gasteiger partial charge in [0.2, 0.25) is 0 Å². The van der Waals surface area contributed by atoms with E-state index in [9.17, 15) is 9.59 Å². The van der Waals surface area contributed by atoms with Crippen molar-refractivity contribution in [1.29, 1.82) is 0 Å². The molecule has 0 saturated heterocycles. The molecule has 0 N–H and O–H groups in total. The Hall–Kier alpha value is -2.62. The van der Waals surface area contributed by atoms with E-state index in [1.165, 1.54) is 6.92 Å². The summed E-state index contributed by atoms with van der Waals surface area (Å²) >= 11 is 0. The van der Waals surface area contributed by atoms with Crippen LogP contribution in [0, 0.1) is 6.92 Å². The third-order valence-electron chi connectivity index (χ3n) is 3.10. The molecular weight excluding hydrogens is 256 g/mol. The summed E-state index contributed by atoms with van der Waals surface area (Å²) in [6.07, 6.45) is 0. The molecule has 3 rings (SSSR count). The largest absolute Gasteiger partial charge is 0.427 e. The topological polar surface area (TPSA) is 56.5 Å². The molecule has 0 unspecified atom stereocenters. The van der Waals surface area contributed by atoms with Crippen LogP contribution in [0.1, 0.15) is 12.5 Å². The fourth-order valence-electron chi connectivity index (χ4n) is 2.26. The summed E-state index contributed by atoms with van der Waals surface area (Å²) in [7, 11) is 0. The first-order valence-corrected chi connectivity index (χ1v) is 6.20. The van der Waals surface area contributed by atoms with Gasteiger partial charge in [-0.25, -0.2) is 4.79 Å². The van der Waals surface area contributed by atoms with Gasteiger partial charge in [0.05, 0.1) is 5.39 Å². The molecule has 0 amide bonds. The van der Waals surface area contributed by atoms with Gasteiger partial charge in [-0.15, -0.1) is 0 Å². The SMILES string of the molecule is CC(=O)Oc1ccc2c(c1)oc(=O)c1cc(C)ccc12. The molecule has 0 aliphatic heterocycles. The van der Waals surface area contributed by atoms with Crippen LogP contribution in [0.15, 0.2) is 45.6 Å². The van der Waals surface area contributed by atoms with Crippen LogP contribution in [0.3, 0.4) is 0 Å². The summed E-state index contributed by atoms with van der Waals surface area (Å²) in [5.41, 5.74) is 1.02. The Balaban J connectivity index is 2.33. The van der Waals surface area contributed by atoms with E-state index in [4.69, 9.17) is 9.15 Å². The second kappa shape index (κ2) is 4.49. The number of esters is 1. The van der Waals surface area contributed by atoms with E-state index in [0.29, 0.717) is 16.7 Å². The van der Waals surface area contributed by atoms with E-state index >= 15 is 0 Å². The minimum absolute atomic E-state index is 0.361. The molecular formula is C16H12O4. The van der Waals surface area contributed by atoms with Crippen LogP contribution in [0.4, 0.5) is 0 Å². The zero-order valence-electron chi connectivity index (χ0n) is 11.1. The molecule has 2 aromatic carbocycles. The third-order valence-corrected chi connectivity index (χ3v) is 3.10. The van der Waals surface area contributed by atoms with Gasteiger partial charge in [0, 0.05) is 18.4 Å². The fraction of sp³-hybridized carbons (Fsp3) is 0.125. The average molecular weight is 268 g/mol. The molecule has 0 aliphatic rings. The van der Waals surface area contributed by atoms with Crippen LogP contribution in [0.5, 0.6) is 5.75 Å². The molecule has 1 heterocycles. The maximum Gasteiger partial charge on any atom is 0.344 e. The number of benzene rings is 2. The lowest BCUT2D eigenvalue weighted by Gasteiger charge is -2.05. The number of fused-ring (bicyclic) bond motifs is 3. The predicted molar refractivity (Wildman–Crippen MR) is 76.0 cm³/mol. The summed E-state index contributed by atoms with van der Waals surface area (Å²) < 4.78 is 10.3. The van der Waals surface area contributed by atoms with Crippen molar-refractivity contribution in [2.75, 3.05) is 0 Å². The lowest BCUT2D eigenvalue weighted by Crippen LogP contribution is -2.03. The van der Waals surface area contributed by atoms with Crippen molar-refractivity contribution in [2.24, 2.45) is 0 Å². The highest BCUT2D eigenvalue weighted by Crippen LogP contribution is 2.26. The van der Waals surface area contributed by atoms with Crippen molar-refractivity contribution < 1.29 is 13.9 Å². The summed E-state index contributed by atoms with van der Waals surface area (Å²) in [6, 6.07) is 10.7. The van der Waals surface area contributed by atoms with Gasteiger partial charge in [-0.05, 0) is 30.5 Å². The fourth-order valence-corrected chi connectivity index (χ4v) is 2.26. The Kier molecular flexibility index (Phi) is 2.79. The minimum Gasteiger partial charge on any atom is -0.427 e. The smallest absolute Gasteiger partial charge is 0.344 e. The van der Waals surface area contributed by atoms with E-state index in [0.717, 1.165) is 16.3 Å². The van der Waals surface area contributed by atoms with Crippen molar-refractivity contribution in [3.05, 3.63) is 52.4 Å². The highest BCUT2D eigenvalue weighted by molar-refractivity contribution is 6.04. The van der Waals surface area contributed by atoms with Gasteiger partial charge in [0.1, 0.15) is 11.3 Å². The molecule has 0 radical (unpaired) electrons. The van der Waals surface area contributed by atoms with E-state index in [2.05, 4.69) is 0 Å². The van der Waals surface area contributed by atoms with Gasteiger partial charge in [0.15, 0.2) is 0 Å². The van der Waals surface area contributed by atoms with E-state index in [-0.39, 0.29) is 0 Å².